The van der Waals surface area contributed by atoms with Crippen LogP contribution in [-0.4, -0.2) is 184 Å². The van der Waals surface area contributed by atoms with Crippen LogP contribution in [0.4, 0.5) is 5.69 Å². The number of amides is 8. The molecule has 77 heavy (non-hydrogen) atoms. The maximum atomic E-state index is 14.2. The summed E-state index contributed by atoms with van der Waals surface area (Å²) in [6, 6.07) is 5.64. The van der Waals surface area contributed by atoms with Gasteiger partial charge in [0.25, 0.3) is 0 Å². The van der Waals surface area contributed by atoms with E-state index in [1.54, 1.807) is 54.6 Å². The Labute approximate surface area is 445 Å². The van der Waals surface area contributed by atoms with Crippen LogP contribution >= 0.6 is 0 Å². The molecule has 420 valence electrons. The van der Waals surface area contributed by atoms with Crippen molar-refractivity contribution in [3.63, 3.8) is 0 Å². The predicted octanol–water partition coefficient (Wildman–Crippen LogP) is -4.41. The van der Waals surface area contributed by atoms with E-state index in [1.807, 2.05) is 0 Å². The van der Waals surface area contributed by atoms with Gasteiger partial charge in [-0.05, 0) is 87.5 Å². The highest BCUT2D eigenvalue weighted by molar-refractivity contribution is 5.98. The lowest BCUT2D eigenvalue weighted by atomic mass is 10.0. The van der Waals surface area contributed by atoms with Crippen molar-refractivity contribution in [3.05, 3.63) is 65.7 Å². The second-order valence-electron chi connectivity index (χ2n) is 19.3. The minimum absolute atomic E-state index is 0.0382. The van der Waals surface area contributed by atoms with Gasteiger partial charge in [0.15, 0.2) is 11.9 Å². The average molecular weight is 1080 g/mol. The lowest BCUT2D eigenvalue weighted by molar-refractivity contribution is -0.147. The van der Waals surface area contributed by atoms with Gasteiger partial charge in [0, 0.05) is 51.3 Å². The first-order valence-electron chi connectivity index (χ1n) is 25.8. The number of aliphatic imine (C=N–C) groups is 2. The number of likely N-dealkylation sites (tertiary alicyclic amines) is 3. The van der Waals surface area contributed by atoms with Crippen molar-refractivity contribution in [2.75, 3.05) is 51.6 Å². The van der Waals surface area contributed by atoms with Crippen LogP contribution in [0.1, 0.15) is 75.3 Å². The summed E-state index contributed by atoms with van der Waals surface area (Å²) in [4.78, 5) is 134. The molecule has 0 unspecified atom stereocenters. The number of nitrogens with zero attached hydrogens (tertiary/aromatic N) is 5. The lowest BCUT2D eigenvalue weighted by Gasteiger charge is -2.32. The number of nitrogens with two attached hydrogens (primary N) is 6. The molecule has 3 saturated heterocycles. The van der Waals surface area contributed by atoms with Gasteiger partial charge in [0.2, 0.25) is 47.3 Å². The van der Waals surface area contributed by atoms with Crippen LogP contribution in [0.3, 0.4) is 0 Å². The van der Waals surface area contributed by atoms with Gasteiger partial charge in [0.1, 0.15) is 42.3 Å². The summed E-state index contributed by atoms with van der Waals surface area (Å²) >= 11 is 0. The zero-order valence-corrected chi connectivity index (χ0v) is 43.0. The highest BCUT2D eigenvalue weighted by Crippen LogP contribution is 2.26. The number of aliphatic hydroxyl groups is 1. The van der Waals surface area contributed by atoms with E-state index in [9.17, 15) is 53.4 Å². The van der Waals surface area contributed by atoms with Gasteiger partial charge in [-0.25, -0.2) is 4.79 Å². The first-order chi connectivity index (χ1) is 36.8. The fraction of sp³-hybridized carbons (Fsp3) is 0.540. The number of carbonyl (C=O) groups excluding carboxylic acids is 8. The molecular formula is C50H74N16O11. The Hall–Kier alpha value is -8.07. The first-order valence-corrected chi connectivity index (χ1v) is 25.8. The number of carboxylic acids is 1. The number of aliphatic carboxylic acids is 1. The van der Waals surface area contributed by atoms with Gasteiger partial charge in [-0.1, -0.05) is 42.5 Å². The molecule has 0 saturated carbocycles. The molecule has 19 N–H and O–H groups in total. The number of nitrogens with one attached hydrogen (secondary N) is 5. The van der Waals surface area contributed by atoms with Crippen LogP contribution in [0.25, 0.3) is 0 Å². The summed E-state index contributed by atoms with van der Waals surface area (Å²) < 4.78 is 0. The maximum Gasteiger partial charge on any atom is 0.326 e. The molecule has 27 nitrogen and oxygen atoms in total. The minimum atomic E-state index is -1.60. The fourth-order valence-electron chi connectivity index (χ4n) is 9.59. The van der Waals surface area contributed by atoms with E-state index in [0.29, 0.717) is 68.3 Å². The SMILES string of the molecule is NC(N)=NCCC[C@H](NC(=O)[C@H](Cc1ccc(N)cc1)NC(=O)[C@@H]1CCCN1C(=O)[C@H](CO)NC(=O)[C@H](Cc1ccccc1)NC(=O)CNC(=O)[C@@H]1CCCN1C(=O)[C@@H]1CCCN1C(=O)[C@@H](N)CCCN=C(N)N)C(=O)O. The van der Waals surface area contributed by atoms with Crippen molar-refractivity contribution in [2.24, 2.45) is 38.7 Å². The van der Waals surface area contributed by atoms with E-state index < -0.39 is 115 Å². The van der Waals surface area contributed by atoms with E-state index in [1.165, 1.54) is 14.7 Å². The molecule has 8 atom stereocenters. The van der Waals surface area contributed by atoms with Crippen LogP contribution in [0.5, 0.6) is 0 Å². The van der Waals surface area contributed by atoms with E-state index in [2.05, 4.69) is 36.6 Å². The third-order valence-corrected chi connectivity index (χ3v) is 13.5. The van der Waals surface area contributed by atoms with Crippen LogP contribution in [0.15, 0.2) is 64.6 Å². The highest BCUT2D eigenvalue weighted by Gasteiger charge is 2.44. The smallest absolute Gasteiger partial charge is 0.326 e. The van der Waals surface area contributed by atoms with Crippen LogP contribution in [0.2, 0.25) is 0 Å². The topological polar surface area (TPSA) is 445 Å². The van der Waals surface area contributed by atoms with Crippen LogP contribution in [0, 0.1) is 0 Å². The molecule has 0 aromatic heterocycles. The number of nitrogen functional groups attached to an aromatic ring is 1. The second-order valence-corrected chi connectivity index (χ2v) is 19.3. The number of rotatable bonds is 27. The lowest BCUT2D eigenvalue weighted by Crippen LogP contribution is -2.60. The van der Waals surface area contributed by atoms with E-state index in [4.69, 9.17) is 34.4 Å². The average Bonchev–Trinajstić information content (AvgIpc) is 4.22. The van der Waals surface area contributed by atoms with Crippen molar-refractivity contribution in [3.8, 4) is 0 Å². The minimum Gasteiger partial charge on any atom is -0.480 e. The van der Waals surface area contributed by atoms with Crippen molar-refractivity contribution in [1.29, 1.82) is 0 Å². The molecule has 3 heterocycles. The zero-order valence-electron chi connectivity index (χ0n) is 43.0. The van der Waals surface area contributed by atoms with E-state index in [0.717, 1.165) is 0 Å². The Balaban J connectivity index is 1.22. The molecule has 8 amide bonds. The molecule has 3 fully saturated rings. The van der Waals surface area contributed by atoms with Gasteiger partial charge >= 0.3 is 5.97 Å². The molecule has 0 radical (unpaired) electrons. The Morgan fingerprint density at radius 2 is 1.10 bits per heavy atom. The summed E-state index contributed by atoms with van der Waals surface area (Å²) in [5, 5.41) is 33.3. The molecular weight excluding hydrogens is 1000 g/mol. The standard InChI is InChI=1S/C50H74N16O11/c51-31-18-16-30(17-19-31)26-35(42(70)61-33(48(76)77)12-5-21-58-50(55)56)62-44(72)38-14-7-22-64(38)46(74)36(28-67)63-41(69)34(25-29-9-2-1-3-10-29)60-40(68)27-59-43(71)37-13-6-23-65(37)47(75)39-15-8-24-66(39)45(73)32(52)11-4-20-57-49(53)54/h1-3,9-10,16-19,32-39,67H,4-8,11-15,20-28,51-52H2,(H,59,71)(H,60,68)(H,61,70)(H,62,72)(H,63,69)(H,76,77)(H4,53,54,57)(H4,55,56,58)/t32-,33-,34-,35-,36-,37-,38-,39-/m0/s1. The molecule has 0 bridgehead atoms. The highest BCUT2D eigenvalue weighted by atomic mass is 16.4. The number of anilines is 1. The Morgan fingerprint density at radius 1 is 0.597 bits per heavy atom. The van der Waals surface area contributed by atoms with Gasteiger partial charge < -0.3 is 85.9 Å². The zero-order chi connectivity index (χ0) is 56.2. The molecule has 2 aromatic carbocycles. The molecule has 5 rings (SSSR count). The third-order valence-electron chi connectivity index (χ3n) is 13.5. The summed E-state index contributed by atoms with van der Waals surface area (Å²) in [5.41, 5.74) is 35.2. The molecule has 3 aliphatic rings. The molecule has 3 aliphatic heterocycles. The van der Waals surface area contributed by atoms with E-state index in [-0.39, 0.29) is 70.2 Å². The Kier molecular flexibility index (Phi) is 22.7. The monoisotopic (exact) mass is 1070 g/mol. The second kappa shape index (κ2) is 29.3. The fourth-order valence-corrected chi connectivity index (χ4v) is 9.59. The van der Waals surface area contributed by atoms with Crippen molar-refractivity contribution < 1.29 is 53.4 Å². The van der Waals surface area contributed by atoms with Crippen molar-refractivity contribution in [1.82, 2.24) is 41.3 Å². The molecule has 0 spiro atoms. The molecule has 0 aliphatic carbocycles. The maximum absolute atomic E-state index is 14.2. The molecule has 27 heteroatoms. The third kappa shape index (κ3) is 17.8. The number of aliphatic hydroxyl groups excluding tert-OH is 1. The normalized spacial score (nSPS) is 18.9. The van der Waals surface area contributed by atoms with Crippen LogP contribution < -0.4 is 61.0 Å². The summed E-state index contributed by atoms with van der Waals surface area (Å²) in [7, 11) is 0. The quantitative estimate of drug-likeness (QED) is 0.0174. The first kappa shape index (κ1) is 59.8. The van der Waals surface area contributed by atoms with E-state index >= 15 is 0 Å². The van der Waals surface area contributed by atoms with Gasteiger partial charge in [-0.3, -0.25) is 48.3 Å². The Bertz CT molecular complexity index is 2460. The number of carbonyl (C=O) groups is 9. The van der Waals surface area contributed by atoms with Crippen molar-refractivity contribution in [2.45, 2.75) is 125 Å². The summed E-state index contributed by atoms with van der Waals surface area (Å²) in [5.74, 6) is -7.05. The molecule has 2 aromatic rings. The van der Waals surface area contributed by atoms with Gasteiger partial charge in [-0.2, -0.15) is 0 Å². The number of hydrogen-bond acceptors (Lipinski definition) is 14. The number of hydrogen-bond donors (Lipinski definition) is 13. The summed E-state index contributed by atoms with van der Waals surface area (Å²) in [6.45, 7) is -0.494. The number of guanidine groups is 2. The van der Waals surface area contributed by atoms with Crippen molar-refractivity contribution >= 4 is 70.8 Å². The summed E-state index contributed by atoms with van der Waals surface area (Å²) in [6.07, 6.45) is 2.98. The van der Waals surface area contributed by atoms with Crippen LogP contribution in [-0.2, 0) is 56.0 Å². The Morgan fingerprint density at radius 3 is 1.68 bits per heavy atom. The number of benzene rings is 2. The van der Waals surface area contributed by atoms with Gasteiger partial charge in [0.05, 0.1) is 19.2 Å². The number of carboxylic acid groups (broad SMARTS) is 1. The van der Waals surface area contributed by atoms with Gasteiger partial charge in [-0.15, -0.1) is 0 Å². The largest absolute Gasteiger partial charge is 0.480 e. The predicted molar refractivity (Wildman–Crippen MR) is 282 cm³/mol.